The fourth-order valence-electron chi connectivity index (χ4n) is 5.44. The summed E-state index contributed by atoms with van der Waals surface area (Å²) in [6, 6.07) is 13.2. The summed E-state index contributed by atoms with van der Waals surface area (Å²) in [5.41, 5.74) is 2.36. The van der Waals surface area contributed by atoms with Gasteiger partial charge in [0.05, 0.1) is 18.2 Å². The minimum Gasteiger partial charge on any atom is -0.497 e. The SMILES string of the molecule is COc1cccc(C23CCN(C)CC2(O)Cc2c([nH]c4c(F)cccc24)C3)c1. The van der Waals surface area contributed by atoms with Crippen molar-refractivity contribution in [3.05, 3.63) is 65.1 Å². The summed E-state index contributed by atoms with van der Waals surface area (Å²) >= 11 is 0. The molecule has 1 fully saturated rings. The zero-order valence-corrected chi connectivity index (χ0v) is 16.3. The summed E-state index contributed by atoms with van der Waals surface area (Å²) in [5, 5.41) is 12.9. The average molecular weight is 380 g/mol. The first-order valence-electron chi connectivity index (χ1n) is 9.79. The number of likely N-dealkylation sites (tertiary alicyclic amines) is 1. The number of hydrogen-bond acceptors (Lipinski definition) is 3. The van der Waals surface area contributed by atoms with Gasteiger partial charge in [0.2, 0.25) is 0 Å². The maximum atomic E-state index is 14.4. The molecular formula is C23H25FN2O2. The highest BCUT2D eigenvalue weighted by Crippen LogP contribution is 2.51. The van der Waals surface area contributed by atoms with Crippen LogP contribution in [0.4, 0.5) is 4.39 Å². The number of aromatic nitrogens is 1. The lowest BCUT2D eigenvalue weighted by Gasteiger charge is -2.56. The van der Waals surface area contributed by atoms with Crippen LogP contribution in [0.5, 0.6) is 5.75 Å². The average Bonchev–Trinajstić information content (AvgIpc) is 3.04. The third-order valence-electron chi connectivity index (χ3n) is 6.89. The number of β-amino-alcohol motifs (C(OH)–C–C–N with tert-alkyl or cyclic N) is 1. The maximum absolute atomic E-state index is 14.4. The van der Waals surface area contributed by atoms with Crippen molar-refractivity contribution in [3.8, 4) is 5.75 Å². The Balaban J connectivity index is 1.73. The van der Waals surface area contributed by atoms with Crippen LogP contribution in [0.25, 0.3) is 10.9 Å². The number of rotatable bonds is 2. The summed E-state index contributed by atoms with van der Waals surface area (Å²) < 4.78 is 19.9. The van der Waals surface area contributed by atoms with E-state index in [-0.39, 0.29) is 5.82 Å². The van der Waals surface area contributed by atoms with Gasteiger partial charge < -0.3 is 19.7 Å². The Morgan fingerprint density at radius 3 is 2.82 bits per heavy atom. The predicted molar refractivity (Wildman–Crippen MR) is 107 cm³/mol. The van der Waals surface area contributed by atoms with E-state index in [1.807, 2.05) is 24.3 Å². The number of aliphatic hydroxyl groups is 1. The van der Waals surface area contributed by atoms with Crippen LogP contribution in [-0.2, 0) is 18.3 Å². The summed E-state index contributed by atoms with van der Waals surface area (Å²) in [4.78, 5) is 5.53. The standard InChI is InChI=1S/C23H25FN2O2/c1-26-10-9-22(15-5-3-6-16(11-15)28-2)13-20-18(12-23(22,27)14-26)17-7-4-8-19(24)21(17)25-20/h3-8,11,25,27H,9-10,12-14H2,1-2H3. The molecule has 1 saturated heterocycles. The van der Waals surface area contributed by atoms with Crippen molar-refractivity contribution in [3.63, 3.8) is 0 Å². The van der Waals surface area contributed by atoms with Crippen molar-refractivity contribution < 1.29 is 14.2 Å². The molecule has 0 bridgehead atoms. The van der Waals surface area contributed by atoms with Gasteiger partial charge in [-0.25, -0.2) is 4.39 Å². The molecule has 2 heterocycles. The van der Waals surface area contributed by atoms with E-state index >= 15 is 0 Å². The van der Waals surface area contributed by atoms with Crippen molar-refractivity contribution >= 4 is 10.9 Å². The Kier molecular flexibility index (Phi) is 3.83. The van der Waals surface area contributed by atoms with Gasteiger partial charge in [-0.05, 0) is 49.3 Å². The number of hydrogen-bond donors (Lipinski definition) is 2. The van der Waals surface area contributed by atoms with E-state index in [0.717, 1.165) is 40.9 Å². The summed E-state index contributed by atoms with van der Waals surface area (Å²) in [6.07, 6.45) is 2.01. The van der Waals surface area contributed by atoms with Gasteiger partial charge in [-0.2, -0.15) is 0 Å². The first-order valence-corrected chi connectivity index (χ1v) is 9.79. The molecule has 1 aliphatic heterocycles. The van der Waals surface area contributed by atoms with E-state index in [2.05, 4.69) is 23.0 Å². The number of nitrogens with zero attached hydrogens (tertiary/aromatic N) is 1. The lowest BCUT2D eigenvalue weighted by Crippen LogP contribution is -2.65. The normalized spacial score (nSPS) is 27.4. The molecule has 5 heteroatoms. The van der Waals surface area contributed by atoms with Crippen LogP contribution in [0.2, 0.25) is 0 Å². The van der Waals surface area contributed by atoms with Crippen LogP contribution >= 0.6 is 0 Å². The molecule has 2 N–H and O–H groups in total. The fraction of sp³-hybridized carbons (Fsp3) is 0.391. The van der Waals surface area contributed by atoms with E-state index in [0.29, 0.717) is 24.9 Å². The first-order chi connectivity index (χ1) is 13.5. The second-order valence-corrected chi connectivity index (χ2v) is 8.43. The molecule has 2 aliphatic rings. The topological polar surface area (TPSA) is 48.5 Å². The Hall–Kier alpha value is -2.37. The highest BCUT2D eigenvalue weighted by atomic mass is 19.1. The largest absolute Gasteiger partial charge is 0.497 e. The number of piperidine rings is 1. The highest BCUT2D eigenvalue weighted by Gasteiger charge is 2.57. The number of methoxy groups -OCH3 is 1. The number of likely N-dealkylation sites (N-methyl/N-ethyl adjacent to an activating group) is 1. The molecule has 28 heavy (non-hydrogen) atoms. The zero-order valence-electron chi connectivity index (χ0n) is 16.3. The van der Waals surface area contributed by atoms with E-state index in [4.69, 9.17) is 4.74 Å². The number of fused-ring (bicyclic) bond motifs is 4. The Labute approximate surface area is 163 Å². The summed E-state index contributed by atoms with van der Waals surface area (Å²) in [6.45, 7) is 1.50. The van der Waals surface area contributed by atoms with E-state index in [1.54, 1.807) is 13.2 Å². The minimum atomic E-state index is -0.930. The second kappa shape index (κ2) is 6.06. The van der Waals surface area contributed by atoms with Crippen molar-refractivity contribution in [2.24, 2.45) is 0 Å². The van der Waals surface area contributed by atoms with E-state index in [1.165, 1.54) is 6.07 Å². The molecular weight excluding hydrogens is 355 g/mol. The molecule has 0 amide bonds. The van der Waals surface area contributed by atoms with Gasteiger partial charge >= 0.3 is 0 Å². The van der Waals surface area contributed by atoms with Gasteiger partial charge in [0, 0.05) is 35.9 Å². The summed E-state index contributed by atoms with van der Waals surface area (Å²) in [7, 11) is 3.72. The van der Waals surface area contributed by atoms with Crippen LogP contribution in [-0.4, -0.2) is 47.8 Å². The quantitative estimate of drug-likeness (QED) is 0.716. The lowest BCUT2D eigenvalue weighted by atomic mass is 9.56. The molecule has 146 valence electrons. The van der Waals surface area contributed by atoms with Gasteiger partial charge in [0.1, 0.15) is 11.6 Å². The maximum Gasteiger partial charge on any atom is 0.147 e. The monoisotopic (exact) mass is 380 g/mol. The minimum absolute atomic E-state index is 0.241. The van der Waals surface area contributed by atoms with E-state index in [9.17, 15) is 9.50 Å². The Morgan fingerprint density at radius 1 is 1.18 bits per heavy atom. The van der Waals surface area contributed by atoms with Gasteiger partial charge in [-0.1, -0.05) is 24.3 Å². The van der Waals surface area contributed by atoms with Crippen molar-refractivity contribution in [1.82, 2.24) is 9.88 Å². The van der Waals surface area contributed by atoms with E-state index < -0.39 is 11.0 Å². The lowest BCUT2D eigenvalue weighted by molar-refractivity contribution is -0.0972. The molecule has 5 rings (SSSR count). The van der Waals surface area contributed by atoms with Gasteiger partial charge in [0.15, 0.2) is 0 Å². The van der Waals surface area contributed by atoms with Crippen LogP contribution in [0.3, 0.4) is 0 Å². The number of benzene rings is 2. The van der Waals surface area contributed by atoms with Gasteiger partial charge in [-0.15, -0.1) is 0 Å². The molecule has 0 radical (unpaired) electrons. The molecule has 0 saturated carbocycles. The molecule has 3 aromatic rings. The van der Waals surface area contributed by atoms with Crippen LogP contribution in [0.1, 0.15) is 23.2 Å². The third-order valence-corrected chi connectivity index (χ3v) is 6.89. The smallest absolute Gasteiger partial charge is 0.147 e. The fourth-order valence-corrected chi connectivity index (χ4v) is 5.44. The highest BCUT2D eigenvalue weighted by molar-refractivity contribution is 5.86. The Bertz CT molecular complexity index is 1060. The van der Waals surface area contributed by atoms with Crippen LogP contribution in [0, 0.1) is 5.82 Å². The first kappa shape index (κ1) is 17.7. The molecule has 1 aliphatic carbocycles. The number of aromatic amines is 1. The molecule has 4 nitrogen and oxygen atoms in total. The number of H-pyrrole nitrogens is 1. The molecule has 0 spiro atoms. The number of halogens is 1. The molecule has 2 aromatic carbocycles. The number of para-hydroxylation sites is 1. The number of nitrogens with one attached hydrogen (secondary N) is 1. The number of ether oxygens (including phenoxy) is 1. The third kappa shape index (κ3) is 2.36. The van der Waals surface area contributed by atoms with Crippen LogP contribution < -0.4 is 4.74 Å². The van der Waals surface area contributed by atoms with Crippen molar-refractivity contribution in [2.45, 2.75) is 30.3 Å². The summed E-state index contributed by atoms with van der Waals surface area (Å²) in [5.74, 6) is 0.552. The zero-order chi connectivity index (χ0) is 19.5. The molecule has 2 unspecified atom stereocenters. The molecule has 1 aromatic heterocycles. The van der Waals surface area contributed by atoms with Crippen molar-refractivity contribution in [2.75, 3.05) is 27.2 Å². The van der Waals surface area contributed by atoms with Crippen molar-refractivity contribution in [1.29, 1.82) is 0 Å². The van der Waals surface area contributed by atoms with Crippen LogP contribution in [0.15, 0.2) is 42.5 Å². The predicted octanol–water partition coefficient (Wildman–Crippen LogP) is 3.42. The Morgan fingerprint density at radius 2 is 2.00 bits per heavy atom. The van der Waals surface area contributed by atoms with Gasteiger partial charge in [0.25, 0.3) is 0 Å². The second-order valence-electron chi connectivity index (χ2n) is 8.43. The molecule has 2 atom stereocenters. The van der Waals surface area contributed by atoms with Gasteiger partial charge in [-0.3, -0.25) is 0 Å².